The largest absolute Gasteiger partial charge is 0.535 e. The Morgan fingerprint density at radius 1 is 0.681 bits per heavy atom. The number of nitrogens with two attached hydrogens (primary N) is 2. The number of ether oxygens (including phenoxy) is 2. The smallest absolute Gasteiger partial charge is 0.526 e. The number of hydrogen-bond donors (Lipinski definition) is 9. The van der Waals surface area contributed by atoms with Crippen LogP contribution < -0.4 is 37.4 Å². The molecule has 1 aliphatic heterocycles. The lowest BCUT2D eigenvalue weighted by atomic mass is 9.64. The average Bonchev–Trinajstić information content (AvgIpc) is 4.00. The number of para-hydroxylation sites is 1. The van der Waals surface area contributed by atoms with Gasteiger partial charge in [0.1, 0.15) is 30.4 Å². The number of carbonyl (C=O) groups is 7. The maximum absolute atomic E-state index is 13.2. The summed E-state index contributed by atoms with van der Waals surface area (Å²) in [5, 5.41) is 49.5. The predicted octanol–water partition coefficient (Wildman–Crippen LogP) is 2.21. The van der Waals surface area contributed by atoms with E-state index in [0.29, 0.717) is 5.56 Å². The van der Waals surface area contributed by atoms with Gasteiger partial charge in [-0.3, -0.25) is 14.4 Å². The number of nitrogens with zero attached hydrogens (tertiary/aromatic N) is 4. The lowest BCUT2D eigenvalue weighted by Crippen LogP contribution is -2.37. The van der Waals surface area contributed by atoms with E-state index in [4.69, 9.17) is 40.4 Å². The van der Waals surface area contributed by atoms with Gasteiger partial charge in [-0.15, -0.1) is 22.7 Å². The lowest BCUT2D eigenvalue weighted by molar-refractivity contribution is -0.130. The van der Waals surface area contributed by atoms with Crippen molar-refractivity contribution in [3.63, 3.8) is 0 Å². The number of benzene rings is 3. The fourth-order valence-corrected chi connectivity index (χ4v) is 7.18. The third-order valence-corrected chi connectivity index (χ3v) is 10.8. The molecule has 5 aromatic rings. The van der Waals surface area contributed by atoms with Crippen LogP contribution in [0.1, 0.15) is 44.9 Å². The number of fused-ring (bicyclic) bond motifs is 1. The van der Waals surface area contributed by atoms with Gasteiger partial charge in [0.05, 0.1) is 5.56 Å². The first-order chi connectivity index (χ1) is 34.7. The SMILES string of the molecule is Nc1nc(/C(=N/OCC(=O)NCCNC(=O)OCc2ccccc2)C(=O)C[C@H]2Cc3cccc(C(=O)O)c3OB2O)cs1.Nc1nc(/C(=N/OCC(=O)NCCNC(=O)OCc2ccccc2)C(=O)O)cs1. The van der Waals surface area contributed by atoms with Crippen molar-refractivity contribution in [2.24, 2.45) is 10.3 Å². The van der Waals surface area contributed by atoms with Crippen molar-refractivity contribution < 1.29 is 72.6 Å². The molecule has 1 atom stereocenters. The highest BCUT2D eigenvalue weighted by atomic mass is 32.1. The number of carboxylic acids is 2. The van der Waals surface area contributed by atoms with Crippen LogP contribution in [0.4, 0.5) is 19.9 Å². The summed E-state index contributed by atoms with van der Waals surface area (Å²) in [6, 6.07) is 22.9. The number of carboxylic acid groups (broad SMARTS) is 2. The molecule has 6 rings (SSSR count). The number of hydrogen-bond acceptors (Lipinski definition) is 21. The molecule has 0 saturated heterocycles. The van der Waals surface area contributed by atoms with Crippen LogP contribution in [-0.2, 0) is 58.0 Å². The third-order valence-electron chi connectivity index (χ3n) is 9.46. The van der Waals surface area contributed by atoms with Gasteiger partial charge in [-0.2, -0.15) is 0 Å². The van der Waals surface area contributed by atoms with Crippen molar-refractivity contribution in [2.45, 2.75) is 31.9 Å². The first kappa shape index (κ1) is 54.3. The van der Waals surface area contributed by atoms with Gasteiger partial charge in [0.15, 0.2) is 35.0 Å². The quantitative estimate of drug-likeness (QED) is 0.0196. The molecular formula is C44H47BN10O15S2. The Hall–Kier alpha value is -8.63. The number of amides is 4. The fourth-order valence-electron chi connectivity index (χ4n) is 6.08. The molecule has 0 fully saturated rings. The number of anilines is 2. The molecule has 1 aliphatic rings. The van der Waals surface area contributed by atoms with E-state index in [0.717, 1.165) is 33.8 Å². The minimum absolute atomic E-state index is 0.0404. The summed E-state index contributed by atoms with van der Waals surface area (Å²) in [5.74, 6) is -4.90. The zero-order chi connectivity index (χ0) is 51.8. The molecule has 3 heterocycles. The van der Waals surface area contributed by atoms with Gasteiger partial charge in [-0.05, 0) is 29.2 Å². The number of carbonyl (C=O) groups excluding carboxylic acids is 5. The molecule has 72 heavy (non-hydrogen) atoms. The van der Waals surface area contributed by atoms with E-state index in [1.807, 2.05) is 60.7 Å². The molecule has 28 heteroatoms. The van der Waals surface area contributed by atoms with Crippen molar-refractivity contribution in [3.8, 4) is 5.75 Å². The molecule has 0 spiro atoms. The van der Waals surface area contributed by atoms with Crippen LogP contribution in [0.25, 0.3) is 0 Å². The van der Waals surface area contributed by atoms with Gasteiger partial charge in [-0.25, -0.2) is 29.1 Å². The highest BCUT2D eigenvalue weighted by molar-refractivity contribution is 7.14. The number of oxime groups is 2. The molecule has 0 unspecified atom stereocenters. The Labute approximate surface area is 417 Å². The number of aromatic carboxylic acids is 1. The molecular weight excluding hydrogens is 983 g/mol. The normalized spacial score (nSPS) is 12.8. The number of aromatic nitrogens is 2. The second-order valence-corrected chi connectivity index (χ2v) is 16.5. The summed E-state index contributed by atoms with van der Waals surface area (Å²) >= 11 is 2.12. The van der Waals surface area contributed by atoms with Crippen LogP contribution in [-0.4, -0.2) is 125 Å². The Morgan fingerprint density at radius 3 is 1.64 bits per heavy atom. The maximum Gasteiger partial charge on any atom is 0.526 e. The van der Waals surface area contributed by atoms with Crippen LogP contribution in [0.2, 0.25) is 5.82 Å². The summed E-state index contributed by atoms with van der Waals surface area (Å²) in [6.07, 6.45) is -1.32. The van der Waals surface area contributed by atoms with Crippen molar-refractivity contribution in [3.05, 3.63) is 123 Å². The zero-order valence-electron chi connectivity index (χ0n) is 37.9. The second-order valence-electron chi connectivity index (χ2n) is 14.7. The molecule has 0 aliphatic carbocycles. The highest BCUT2D eigenvalue weighted by Crippen LogP contribution is 2.36. The first-order valence-electron chi connectivity index (χ1n) is 21.4. The minimum Gasteiger partial charge on any atom is -0.535 e. The van der Waals surface area contributed by atoms with Crippen molar-refractivity contribution in [1.82, 2.24) is 31.2 Å². The molecule has 0 bridgehead atoms. The summed E-state index contributed by atoms with van der Waals surface area (Å²) in [7, 11) is -1.45. The van der Waals surface area contributed by atoms with Crippen LogP contribution in [0, 0.1) is 0 Å². The van der Waals surface area contributed by atoms with Gasteiger partial charge in [-0.1, -0.05) is 83.1 Å². The maximum atomic E-state index is 13.2. The minimum atomic E-state index is -1.45. The number of Topliss-reactive ketones (excluding diaryl/α,β-unsaturated/α-hetero) is 1. The van der Waals surface area contributed by atoms with E-state index in [1.165, 1.54) is 16.8 Å². The number of alkyl carbamates (subject to hydrolysis) is 2. The number of nitrogen functional groups attached to an aromatic ring is 2. The molecule has 11 N–H and O–H groups in total. The topological polar surface area (TPSA) is 377 Å². The van der Waals surface area contributed by atoms with Crippen molar-refractivity contribution >= 4 is 93.2 Å². The van der Waals surface area contributed by atoms with Crippen LogP contribution in [0.3, 0.4) is 0 Å². The number of thiazole rings is 2. The molecule has 3 aromatic carbocycles. The molecule has 0 saturated carbocycles. The summed E-state index contributed by atoms with van der Waals surface area (Å²) in [6.45, 7) is -0.325. The fraction of sp³-hybridized carbons (Fsp3) is 0.250. The van der Waals surface area contributed by atoms with Crippen molar-refractivity contribution in [2.75, 3.05) is 50.9 Å². The Morgan fingerprint density at radius 2 is 1.17 bits per heavy atom. The van der Waals surface area contributed by atoms with Crippen LogP contribution >= 0.6 is 22.7 Å². The monoisotopic (exact) mass is 1030 g/mol. The Bertz CT molecular complexity index is 2730. The van der Waals surface area contributed by atoms with E-state index < -0.39 is 73.6 Å². The van der Waals surface area contributed by atoms with E-state index in [2.05, 4.69) is 41.5 Å². The molecule has 378 valence electrons. The number of rotatable bonds is 23. The van der Waals surface area contributed by atoms with E-state index in [1.54, 1.807) is 12.1 Å². The highest BCUT2D eigenvalue weighted by Gasteiger charge is 2.39. The number of aliphatic carboxylic acids is 1. The van der Waals surface area contributed by atoms with Gasteiger partial charge in [0.25, 0.3) is 11.8 Å². The molecule has 0 radical (unpaired) electrons. The summed E-state index contributed by atoms with van der Waals surface area (Å²) < 4.78 is 15.6. The lowest BCUT2D eigenvalue weighted by Gasteiger charge is -2.28. The average molecular weight is 1030 g/mol. The van der Waals surface area contributed by atoms with E-state index in [9.17, 15) is 43.7 Å². The van der Waals surface area contributed by atoms with Gasteiger partial charge in [0, 0.05) is 49.2 Å². The Kier molecular flexibility index (Phi) is 21.2. The summed E-state index contributed by atoms with van der Waals surface area (Å²) in [5.41, 5.74) is 12.8. The van der Waals surface area contributed by atoms with Crippen molar-refractivity contribution in [1.29, 1.82) is 0 Å². The summed E-state index contributed by atoms with van der Waals surface area (Å²) in [4.78, 5) is 101. The third kappa shape index (κ3) is 18.0. The standard InChI is InChI=1S/C27H28BN5O9S.C17H19N5O6S/c29-26-32-20(15-43-26)23(21(34)12-18-11-17-7-4-8-19(25(36)37)24(17)42-28(18)39)33-41-14-22(35)30-9-10-31-27(38)40-13-16-5-2-1-3-6-16;18-16-21-12(10-29-16)14(15(24)25)22-28-9-13(23)19-6-7-20-17(26)27-8-11-4-2-1-3-5-11/h1-8,15,18,39H,9-14H2,(H2,29,32)(H,30,35)(H,31,38)(H,36,37);1-5,10H,6-9H2,(H2,18,21)(H,19,23)(H,20,26)(H,24,25)/b33-23-;22-14-/t18-;/m1./s1. The van der Waals surface area contributed by atoms with Crippen LogP contribution in [0.5, 0.6) is 5.75 Å². The molecule has 4 amide bonds. The predicted molar refractivity (Wildman–Crippen MR) is 260 cm³/mol. The molecule has 25 nitrogen and oxygen atoms in total. The zero-order valence-corrected chi connectivity index (χ0v) is 39.5. The Balaban J connectivity index is 0.000000289. The second kappa shape index (κ2) is 28.1. The number of nitrogens with one attached hydrogen (secondary N) is 4. The first-order valence-corrected chi connectivity index (χ1v) is 23.1. The van der Waals surface area contributed by atoms with Gasteiger partial charge in [0.2, 0.25) is 5.71 Å². The van der Waals surface area contributed by atoms with E-state index in [-0.39, 0.29) is 90.9 Å². The van der Waals surface area contributed by atoms with E-state index >= 15 is 0 Å². The van der Waals surface area contributed by atoms with Crippen LogP contribution in [0.15, 0.2) is 99.9 Å². The van der Waals surface area contributed by atoms with Gasteiger partial charge < -0.3 is 71.8 Å². The molecule has 2 aromatic heterocycles. The van der Waals surface area contributed by atoms with Gasteiger partial charge >= 0.3 is 31.2 Å². The number of ketones is 1.